The second kappa shape index (κ2) is 5.76. The van der Waals surface area contributed by atoms with Gasteiger partial charge in [-0.15, -0.1) is 0 Å². The fourth-order valence-electron chi connectivity index (χ4n) is 2.28. The molecule has 3 heterocycles. The van der Waals surface area contributed by atoms with Crippen LogP contribution in [0, 0.1) is 5.92 Å². The first kappa shape index (κ1) is 13.3. The summed E-state index contributed by atoms with van der Waals surface area (Å²) in [6.45, 7) is 3.64. The van der Waals surface area contributed by atoms with Crippen LogP contribution in [0.3, 0.4) is 0 Å². The summed E-state index contributed by atoms with van der Waals surface area (Å²) in [4.78, 5) is 14.5. The molecule has 1 saturated heterocycles. The van der Waals surface area contributed by atoms with Gasteiger partial charge in [-0.25, -0.2) is 4.98 Å². The largest absolute Gasteiger partial charge is 0.476 e. The first-order chi connectivity index (χ1) is 9.70. The van der Waals surface area contributed by atoms with E-state index in [0.717, 1.165) is 19.6 Å². The number of ether oxygens (including phenoxy) is 1. The van der Waals surface area contributed by atoms with Gasteiger partial charge in [-0.2, -0.15) is 4.98 Å². The second-order valence-electron chi connectivity index (χ2n) is 5.05. The number of imidazole rings is 1. The SMILES string of the molecule is Cn1cncc1CN1CC(COc2cncc(Cl)n2)C1. The zero-order valence-electron chi connectivity index (χ0n) is 11.2. The maximum atomic E-state index is 5.76. The average Bonchev–Trinajstić information content (AvgIpc) is 2.77. The van der Waals surface area contributed by atoms with Crippen molar-refractivity contribution in [2.24, 2.45) is 13.0 Å². The van der Waals surface area contributed by atoms with Crippen molar-refractivity contribution in [1.29, 1.82) is 0 Å². The maximum absolute atomic E-state index is 5.76. The summed E-state index contributed by atoms with van der Waals surface area (Å²) >= 11 is 5.76. The zero-order chi connectivity index (χ0) is 13.9. The van der Waals surface area contributed by atoms with E-state index in [1.54, 1.807) is 6.20 Å². The Bertz CT molecular complexity index is 582. The van der Waals surface area contributed by atoms with E-state index in [4.69, 9.17) is 16.3 Å². The summed E-state index contributed by atoms with van der Waals surface area (Å²) in [5, 5.41) is 0.356. The number of rotatable bonds is 5. The summed E-state index contributed by atoms with van der Waals surface area (Å²) in [5.74, 6) is 1.02. The Kier molecular flexibility index (Phi) is 3.84. The molecule has 0 aliphatic carbocycles. The minimum absolute atomic E-state index is 0.356. The number of aromatic nitrogens is 4. The van der Waals surface area contributed by atoms with Crippen molar-refractivity contribution >= 4 is 11.6 Å². The molecule has 1 fully saturated rings. The van der Waals surface area contributed by atoms with Crippen LogP contribution >= 0.6 is 11.6 Å². The molecule has 1 aliphatic rings. The number of hydrogen-bond acceptors (Lipinski definition) is 5. The van der Waals surface area contributed by atoms with Crippen molar-refractivity contribution in [1.82, 2.24) is 24.4 Å². The van der Waals surface area contributed by atoms with Crippen LogP contribution in [-0.2, 0) is 13.6 Å². The van der Waals surface area contributed by atoms with Gasteiger partial charge in [0.05, 0.1) is 31.0 Å². The fraction of sp³-hybridized carbons (Fsp3) is 0.462. The lowest BCUT2D eigenvalue weighted by Gasteiger charge is -2.38. The lowest BCUT2D eigenvalue weighted by Crippen LogP contribution is -2.48. The molecule has 2 aromatic rings. The molecule has 2 aromatic heterocycles. The quantitative estimate of drug-likeness (QED) is 0.833. The van der Waals surface area contributed by atoms with E-state index in [0.29, 0.717) is 23.6 Å². The molecule has 1 aliphatic heterocycles. The summed E-state index contributed by atoms with van der Waals surface area (Å²) in [6, 6.07) is 0. The first-order valence-corrected chi connectivity index (χ1v) is 6.86. The van der Waals surface area contributed by atoms with Gasteiger partial charge in [0.15, 0.2) is 5.15 Å². The summed E-state index contributed by atoms with van der Waals surface area (Å²) < 4.78 is 7.64. The van der Waals surface area contributed by atoms with Crippen molar-refractivity contribution in [2.75, 3.05) is 19.7 Å². The van der Waals surface area contributed by atoms with Gasteiger partial charge in [0.1, 0.15) is 0 Å². The van der Waals surface area contributed by atoms with Crippen LogP contribution in [0.1, 0.15) is 5.69 Å². The Morgan fingerprint density at radius 3 is 2.85 bits per heavy atom. The molecule has 0 saturated carbocycles. The molecule has 0 amide bonds. The highest BCUT2D eigenvalue weighted by atomic mass is 35.5. The monoisotopic (exact) mass is 293 g/mol. The average molecular weight is 294 g/mol. The normalized spacial score (nSPS) is 16.1. The number of likely N-dealkylation sites (tertiary alicyclic amines) is 1. The van der Waals surface area contributed by atoms with Gasteiger partial charge in [0, 0.05) is 38.8 Å². The van der Waals surface area contributed by atoms with Crippen LogP contribution < -0.4 is 4.74 Å². The molecule has 106 valence electrons. The highest BCUT2D eigenvalue weighted by molar-refractivity contribution is 6.29. The predicted octanol–water partition coefficient (Wildman–Crippen LogP) is 1.37. The van der Waals surface area contributed by atoms with E-state index < -0.39 is 0 Å². The lowest BCUT2D eigenvalue weighted by atomic mass is 10.0. The Balaban J connectivity index is 1.41. The van der Waals surface area contributed by atoms with Gasteiger partial charge in [-0.1, -0.05) is 11.6 Å². The molecule has 6 nitrogen and oxygen atoms in total. The van der Waals surface area contributed by atoms with E-state index in [-0.39, 0.29) is 0 Å². The van der Waals surface area contributed by atoms with Gasteiger partial charge in [-0.3, -0.25) is 9.88 Å². The standard InChI is InChI=1S/C13H16ClN5O/c1-18-9-16-2-11(18)7-19-5-10(6-19)8-20-13-4-15-3-12(14)17-13/h2-4,9-10H,5-8H2,1H3. The van der Waals surface area contributed by atoms with Crippen LogP contribution in [0.25, 0.3) is 0 Å². The molecule has 7 heteroatoms. The fourth-order valence-corrected chi connectivity index (χ4v) is 2.42. The Hall–Kier alpha value is -1.66. The lowest BCUT2D eigenvalue weighted by molar-refractivity contribution is 0.0526. The van der Waals surface area contributed by atoms with E-state index in [2.05, 4.69) is 19.9 Å². The van der Waals surface area contributed by atoms with Crippen LogP contribution in [-0.4, -0.2) is 44.1 Å². The maximum Gasteiger partial charge on any atom is 0.233 e. The Labute approximate surface area is 122 Å². The minimum atomic E-state index is 0.356. The van der Waals surface area contributed by atoms with Gasteiger partial charge in [0.2, 0.25) is 5.88 Å². The van der Waals surface area contributed by atoms with Crippen LogP contribution in [0.2, 0.25) is 5.15 Å². The number of aryl methyl sites for hydroxylation is 1. The van der Waals surface area contributed by atoms with Crippen molar-refractivity contribution in [3.63, 3.8) is 0 Å². The van der Waals surface area contributed by atoms with Crippen LogP contribution in [0.15, 0.2) is 24.9 Å². The number of halogens is 1. The smallest absolute Gasteiger partial charge is 0.233 e. The molecule has 20 heavy (non-hydrogen) atoms. The van der Waals surface area contributed by atoms with E-state index >= 15 is 0 Å². The molecular weight excluding hydrogens is 278 g/mol. The van der Waals surface area contributed by atoms with Crippen molar-refractivity contribution in [3.8, 4) is 5.88 Å². The molecule has 0 atom stereocenters. The zero-order valence-corrected chi connectivity index (χ0v) is 12.0. The summed E-state index contributed by atoms with van der Waals surface area (Å²) in [7, 11) is 2.01. The highest BCUT2D eigenvalue weighted by Crippen LogP contribution is 2.19. The molecule has 0 N–H and O–H groups in total. The first-order valence-electron chi connectivity index (χ1n) is 6.48. The minimum Gasteiger partial charge on any atom is -0.476 e. The van der Waals surface area contributed by atoms with E-state index in [9.17, 15) is 0 Å². The summed E-state index contributed by atoms with van der Waals surface area (Å²) in [5.41, 5.74) is 1.23. The van der Waals surface area contributed by atoms with E-state index in [1.807, 2.05) is 24.1 Å². The van der Waals surface area contributed by atoms with E-state index in [1.165, 1.54) is 11.9 Å². The van der Waals surface area contributed by atoms with Gasteiger partial charge in [0.25, 0.3) is 0 Å². The topological polar surface area (TPSA) is 56.1 Å². The Morgan fingerprint density at radius 1 is 1.30 bits per heavy atom. The molecule has 0 radical (unpaired) electrons. The number of hydrogen-bond donors (Lipinski definition) is 0. The van der Waals surface area contributed by atoms with Gasteiger partial charge in [-0.05, 0) is 0 Å². The summed E-state index contributed by atoms with van der Waals surface area (Å²) in [6.07, 6.45) is 6.81. The van der Waals surface area contributed by atoms with Crippen LogP contribution in [0.5, 0.6) is 5.88 Å². The third-order valence-electron chi connectivity index (χ3n) is 3.38. The second-order valence-corrected chi connectivity index (χ2v) is 5.43. The van der Waals surface area contributed by atoms with Crippen molar-refractivity contribution in [2.45, 2.75) is 6.54 Å². The third-order valence-corrected chi connectivity index (χ3v) is 3.57. The van der Waals surface area contributed by atoms with Gasteiger partial charge < -0.3 is 9.30 Å². The van der Waals surface area contributed by atoms with Gasteiger partial charge >= 0.3 is 0 Å². The molecule has 0 bridgehead atoms. The highest BCUT2D eigenvalue weighted by Gasteiger charge is 2.27. The molecule has 0 unspecified atom stereocenters. The van der Waals surface area contributed by atoms with Crippen LogP contribution in [0.4, 0.5) is 0 Å². The van der Waals surface area contributed by atoms with Crippen molar-refractivity contribution < 1.29 is 4.74 Å². The number of nitrogens with zero attached hydrogens (tertiary/aromatic N) is 5. The Morgan fingerprint density at radius 2 is 2.15 bits per heavy atom. The third kappa shape index (κ3) is 3.08. The molecule has 3 rings (SSSR count). The predicted molar refractivity (Wildman–Crippen MR) is 74.5 cm³/mol. The van der Waals surface area contributed by atoms with Crippen molar-refractivity contribution in [3.05, 3.63) is 35.8 Å². The molecular formula is C13H16ClN5O. The molecule has 0 aromatic carbocycles. The molecule has 0 spiro atoms.